The summed E-state index contributed by atoms with van der Waals surface area (Å²) in [7, 11) is 0. The molecule has 0 aliphatic rings. The number of anilines is 1. The number of rotatable bonds is 1. The van der Waals surface area contributed by atoms with Crippen LogP contribution in [0.3, 0.4) is 0 Å². The van der Waals surface area contributed by atoms with Crippen molar-refractivity contribution in [1.29, 1.82) is 0 Å². The van der Waals surface area contributed by atoms with Crippen LogP contribution in [0.1, 0.15) is 0 Å². The van der Waals surface area contributed by atoms with E-state index in [4.69, 9.17) is 17.3 Å². The zero-order valence-electron chi connectivity index (χ0n) is 7.11. The van der Waals surface area contributed by atoms with E-state index < -0.39 is 0 Å². The van der Waals surface area contributed by atoms with Crippen LogP contribution in [0.4, 0.5) is 5.69 Å². The van der Waals surface area contributed by atoms with Gasteiger partial charge >= 0.3 is 0 Å². The molecule has 0 unspecified atom stereocenters. The van der Waals surface area contributed by atoms with E-state index in [0.717, 1.165) is 9.26 Å². The van der Waals surface area contributed by atoms with Crippen molar-refractivity contribution in [3.8, 4) is 5.69 Å². The van der Waals surface area contributed by atoms with Gasteiger partial charge in [-0.25, -0.2) is 4.68 Å². The van der Waals surface area contributed by atoms with Gasteiger partial charge in [0.1, 0.15) is 0 Å². The van der Waals surface area contributed by atoms with Gasteiger partial charge in [-0.3, -0.25) is 0 Å². The fraction of sp³-hybridized carbons (Fsp3) is 0. The van der Waals surface area contributed by atoms with E-state index in [-0.39, 0.29) is 0 Å². The van der Waals surface area contributed by atoms with Crippen LogP contribution in [0.15, 0.2) is 30.6 Å². The molecule has 0 fully saturated rings. The van der Waals surface area contributed by atoms with Crippen molar-refractivity contribution in [3.63, 3.8) is 0 Å². The maximum atomic E-state index is 5.85. The molecule has 0 saturated heterocycles. The van der Waals surface area contributed by atoms with E-state index in [0.29, 0.717) is 10.7 Å². The molecule has 2 rings (SSSR count). The number of aromatic nitrogens is 2. The van der Waals surface area contributed by atoms with Crippen LogP contribution in [-0.4, -0.2) is 9.78 Å². The minimum absolute atomic E-state index is 0.600. The van der Waals surface area contributed by atoms with Crippen LogP contribution in [0.25, 0.3) is 5.69 Å². The first-order valence-corrected chi connectivity index (χ1v) is 5.38. The second-order valence-corrected chi connectivity index (χ2v) is 4.49. The minimum Gasteiger partial charge on any atom is -0.397 e. The molecule has 2 N–H and O–H groups in total. The SMILES string of the molecule is Nc1cc(I)ccc1-n1cc(Cl)cn1. The third-order valence-electron chi connectivity index (χ3n) is 1.79. The average molecular weight is 320 g/mol. The van der Waals surface area contributed by atoms with E-state index in [9.17, 15) is 0 Å². The highest BCUT2D eigenvalue weighted by Crippen LogP contribution is 2.20. The number of nitrogens with two attached hydrogens (primary N) is 1. The summed E-state index contributed by atoms with van der Waals surface area (Å²) in [5.41, 5.74) is 7.39. The second kappa shape index (κ2) is 3.78. The van der Waals surface area contributed by atoms with Crippen molar-refractivity contribution in [2.45, 2.75) is 0 Å². The van der Waals surface area contributed by atoms with Gasteiger partial charge < -0.3 is 5.73 Å². The molecule has 1 aromatic heterocycles. The molecule has 0 aliphatic heterocycles. The quantitative estimate of drug-likeness (QED) is 0.649. The summed E-state index contributed by atoms with van der Waals surface area (Å²) in [4.78, 5) is 0. The number of halogens is 2. The van der Waals surface area contributed by atoms with Crippen LogP contribution in [0.5, 0.6) is 0 Å². The van der Waals surface area contributed by atoms with Crippen LogP contribution >= 0.6 is 34.2 Å². The van der Waals surface area contributed by atoms with Crippen LogP contribution < -0.4 is 5.73 Å². The standard InChI is InChI=1S/C9H7ClIN3/c10-6-4-13-14(5-6)9-2-1-7(11)3-8(9)12/h1-5H,12H2. The van der Waals surface area contributed by atoms with Crippen LogP contribution in [0.2, 0.25) is 5.02 Å². The number of benzene rings is 1. The molecule has 3 nitrogen and oxygen atoms in total. The number of hydrogen-bond acceptors (Lipinski definition) is 2. The molecule has 0 atom stereocenters. The monoisotopic (exact) mass is 319 g/mol. The molecule has 0 radical (unpaired) electrons. The fourth-order valence-electron chi connectivity index (χ4n) is 1.17. The maximum absolute atomic E-state index is 5.85. The van der Waals surface area contributed by atoms with Crippen molar-refractivity contribution >= 4 is 39.9 Å². The zero-order chi connectivity index (χ0) is 10.1. The zero-order valence-corrected chi connectivity index (χ0v) is 10.0. The molecule has 0 saturated carbocycles. The Morgan fingerprint density at radius 1 is 1.43 bits per heavy atom. The van der Waals surface area contributed by atoms with E-state index in [2.05, 4.69) is 27.7 Å². The van der Waals surface area contributed by atoms with Gasteiger partial charge in [-0.1, -0.05) is 11.6 Å². The topological polar surface area (TPSA) is 43.8 Å². The summed E-state index contributed by atoms with van der Waals surface area (Å²) < 4.78 is 2.76. The summed E-state index contributed by atoms with van der Waals surface area (Å²) in [5.74, 6) is 0. The van der Waals surface area contributed by atoms with Gasteiger partial charge in [-0.05, 0) is 40.8 Å². The predicted molar refractivity (Wildman–Crippen MR) is 65.7 cm³/mol. The maximum Gasteiger partial charge on any atom is 0.0876 e. The summed E-state index contributed by atoms with van der Waals surface area (Å²) in [5, 5.41) is 4.68. The Hall–Kier alpha value is -0.750. The average Bonchev–Trinajstić information content (AvgIpc) is 2.51. The first-order valence-electron chi connectivity index (χ1n) is 3.92. The molecule has 1 aromatic carbocycles. The Balaban J connectivity index is 2.52. The fourth-order valence-corrected chi connectivity index (χ4v) is 1.82. The summed E-state index contributed by atoms with van der Waals surface area (Å²) in [6.07, 6.45) is 3.30. The van der Waals surface area contributed by atoms with E-state index in [1.54, 1.807) is 17.1 Å². The van der Waals surface area contributed by atoms with Gasteiger partial charge in [-0.2, -0.15) is 5.10 Å². The number of hydrogen-bond donors (Lipinski definition) is 1. The lowest BCUT2D eigenvalue weighted by atomic mass is 10.3. The highest BCUT2D eigenvalue weighted by Gasteiger charge is 2.03. The van der Waals surface area contributed by atoms with Gasteiger partial charge in [0.25, 0.3) is 0 Å². The van der Waals surface area contributed by atoms with E-state index in [1.165, 1.54) is 0 Å². The molecule has 2 aromatic rings. The lowest BCUT2D eigenvalue weighted by Gasteiger charge is -2.05. The smallest absolute Gasteiger partial charge is 0.0876 e. The Kier molecular flexibility index (Phi) is 2.64. The molecule has 14 heavy (non-hydrogen) atoms. The normalized spacial score (nSPS) is 10.4. The van der Waals surface area contributed by atoms with Gasteiger partial charge in [0.15, 0.2) is 0 Å². The first kappa shape index (κ1) is 9.79. The Morgan fingerprint density at radius 2 is 2.21 bits per heavy atom. The van der Waals surface area contributed by atoms with Crippen molar-refractivity contribution in [2.75, 3.05) is 5.73 Å². The van der Waals surface area contributed by atoms with E-state index >= 15 is 0 Å². The van der Waals surface area contributed by atoms with Crippen LogP contribution in [0, 0.1) is 3.57 Å². The molecule has 72 valence electrons. The lowest BCUT2D eigenvalue weighted by molar-refractivity contribution is 0.882. The third kappa shape index (κ3) is 1.85. The van der Waals surface area contributed by atoms with Gasteiger partial charge in [-0.15, -0.1) is 0 Å². The van der Waals surface area contributed by atoms with E-state index in [1.807, 2.05) is 18.2 Å². The minimum atomic E-state index is 0.600. The van der Waals surface area contributed by atoms with Crippen molar-refractivity contribution < 1.29 is 0 Å². The first-order chi connectivity index (χ1) is 6.66. The summed E-state index contributed by atoms with van der Waals surface area (Å²) in [6.45, 7) is 0. The summed E-state index contributed by atoms with van der Waals surface area (Å²) >= 11 is 7.98. The second-order valence-electron chi connectivity index (χ2n) is 2.81. The summed E-state index contributed by atoms with van der Waals surface area (Å²) in [6, 6.07) is 5.79. The lowest BCUT2D eigenvalue weighted by Crippen LogP contribution is -2.00. The Labute approximate surface area is 100 Å². The third-order valence-corrected chi connectivity index (χ3v) is 2.65. The Morgan fingerprint density at radius 3 is 2.79 bits per heavy atom. The molecular weight excluding hydrogens is 312 g/mol. The molecule has 0 spiro atoms. The largest absolute Gasteiger partial charge is 0.397 e. The molecule has 5 heteroatoms. The predicted octanol–water partition coefficient (Wildman–Crippen LogP) is 2.71. The molecule has 0 amide bonds. The number of nitrogens with zero attached hydrogens (tertiary/aromatic N) is 2. The number of nitrogen functional groups attached to an aromatic ring is 1. The van der Waals surface area contributed by atoms with Crippen molar-refractivity contribution in [2.24, 2.45) is 0 Å². The highest BCUT2D eigenvalue weighted by atomic mass is 127. The van der Waals surface area contributed by atoms with Crippen molar-refractivity contribution in [1.82, 2.24) is 9.78 Å². The molecular formula is C9H7ClIN3. The molecule has 1 heterocycles. The highest BCUT2D eigenvalue weighted by molar-refractivity contribution is 14.1. The molecule has 0 aliphatic carbocycles. The van der Waals surface area contributed by atoms with Gasteiger partial charge in [0.2, 0.25) is 0 Å². The Bertz CT molecular complexity index is 467. The van der Waals surface area contributed by atoms with Crippen molar-refractivity contribution in [3.05, 3.63) is 39.2 Å². The van der Waals surface area contributed by atoms with Gasteiger partial charge in [0.05, 0.1) is 22.6 Å². The van der Waals surface area contributed by atoms with Gasteiger partial charge in [0, 0.05) is 9.77 Å². The molecule has 0 bridgehead atoms. The van der Waals surface area contributed by atoms with Crippen LogP contribution in [-0.2, 0) is 0 Å².